The lowest BCUT2D eigenvalue weighted by Crippen LogP contribution is -2.41. The molecule has 1 amide bonds. The van der Waals surface area contributed by atoms with Gasteiger partial charge in [-0.3, -0.25) is 4.79 Å². The Morgan fingerprint density at radius 3 is 2.35 bits per heavy atom. The molecule has 4 nitrogen and oxygen atoms in total. The summed E-state index contributed by atoms with van der Waals surface area (Å²) in [6.07, 6.45) is -3.46. The quantitative estimate of drug-likeness (QED) is 0.643. The van der Waals surface area contributed by atoms with Gasteiger partial charge in [-0.15, -0.1) is 0 Å². The van der Waals surface area contributed by atoms with Gasteiger partial charge < -0.3 is 14.5 Å². The lowest BCUT2D eigenvalue weighted by Gasteiger charge is -2.29. The van der Waals surface area contributed by atoms with Crippen molar-refractivity contribution in [2.45, 2.75) is 31.9 Å². The van der Waals surface area contributed by atoms with Gasteiger partial charge in [0, 0.05) is 24.7 Å². The second-order valence-electron chi connectivity index (χ2n) is 8.23. The number of amides is 1. The van der Waals surface area contributed by atoms with Crippen molar-refractivity contribution in [2.24, 2.45) is 5.92 Å². The number of nitrogens with zero attached hydrogens (tertiary/aromatic N) is 2. The lowest BCUT2D eigenvalue weighted by molar-refractivity contribution is -0.137. The normalized spacial score (nSPS) is 19.4. The minimum absolute atomic E-state index is 0.0383. The number of halogens is 3. The molecule has 2 aromatic carbocycles. The topological polar surface area (TPSA) is 32.8 Å². The Balaban J connectivity index is 2.11. The average Bonchev–Trinajstić information content (AvgIpc) is 2.84. The number of methoxy groups -OCH3 is 1. The van der Waals surface area contributed by atoms with Crippen molar-refractivity contribution in [2.75, 3.05) is 39.2 Å². The number of ether oxygens (including phenoxy) is 1. The van der Waals surface area contributed by atoms with Crippen LogP contribution in [0.1, 0.15) is 36.0 Å². The highest BCUT2D eigenvalue weighted by atomic mass is 19.4. The lowest BCUT2D eigenvalue weighted by atomic mass is 9.80. The zero-order chi connectivity index (χ0) is 22.8. The van der Waals surface area contributed by atoms with E-state index in [0.717, 1.165) is 11.6 Å². The molecule has 0 saturated heterocycles. The fraction of sp³-hybridized carbons (Fsp3) is 0.458. The standard InChI is InChI=1S/C24H29F3N2O2/c1-5-20-21(16-6-9-19(31-4)10-7-16)15-17-14-18(24(25,26)27)8-11-22(17)29(23(20)30)13-12-28(2)3/h6-11,14,20-21H,5,12-13,15H2,1-4H3/t20-,21+/m1/s1. The monoisotopic (exact) mass is 434 g/mol. The molecule has 31 heavy (non-hydrogen) atoms. The minimum atomic E-state index is -4.43. The summed E-state index contributed by atoms with van der Waals surface area (Å²) in [5.74, 6) is 0.125. The summed E-state index contributed by atoms with van der Waals surface area (Å²) in [4.78, 5) is 17.2. The first kappa shape index (κ1) is 23.1. The molecule has 0 fully saturated rings. The molecule has 0 aromatic heterocycles. The molecule has 2 atom stereocenters. The summed E-state index contributed by atoms with van der Waals surface area (Å²) in [6, 6.07) is 11.2. The van der Waals surface area contributed by atoms with Gasteiger partial charge in [-0.1, -0.05) is 19.1 Å². The van der Waals surface area contributed by atoms with Gasteiger partial charge in [-0.2, -0.15) is 13.2 Å². The average molecular weight is 435 g/mol. The molecular formula is C24H29F3N2O2. The van der Waals surface area contributed by atoms with Gasteiger partial charge in [-0.25, -0.2) is 0 Å². The van der Waals surface area contributed by atoms with Crippen LogP contribution in [0.15, 0.2) is 42.5 Å². The van der Waals surface area contributed by atoms with Gasteiger partial charge in [-0.05, 0) is 74.3 Å². The SMILES string of the molecule is CC[C@H]1C(=O)N(CCN(C)C)c2ccc(C(F)(F)F)cc2C[C@H]1c1ccc(OC)cc1. The zero-order valence-electron chi connectivity index (χ0n) is 18.4. The van der Waals surface area contributed by atoms with Crippen molar-refractivity contribution in [3.63, 3.8) is 0 Å². The summed E-state index contributed by atoms with van der Waals surface area (Å²) < 4.78 is 45.5. The van der Waals surface area contributed by atoms with E-state index in [1.807, 2.05) is 50.2 Å². The second kappa shape index (κ2) is 9.30. The molecule has 7 heteroatoms. The van der Waals surface area contributed by atoms with Crippen molar-refractivity contribution >= 4 is 11.6 Å². The summed E-state index contributed by atoms with van der Waals surface area (Å²) >= 11 is 0. The largest absolute Gasteiger partial charge is 0.497 e. The Kier molecular flexibility index (Phi) is 6.94. The van der Waals surface area contributed by atoms with Gasteiger partial charge in [0.15, 0.2) is 0 Å². The Labute approximate surface area is 181 Å². The zero-order valence-corrected chi connectivity index (χ0v) is 18.4. The van der Waals surface area contributed by atoms with Gasteiger partial charge in [0.05, 0.1) is 12.7 Å². The maximum absolute atomic E-state index is 13.6. The van der Waals surface area contributed by atoms with Crippen LogP contribution in [0.5, 0.6) is 5.75 Å². The number of benzene rings is 2. The summed E-state index contributed by atoms with van der Waals surface area (Å²) in [5, 5.41) is 0. The molecule has 168 valence electrons. The van der Waals surface area contributed by atoms with Crippen molar-refractivity contribution in [3.05, 3.63) is 59.2 Å². The number of hydrogen-bond acceptors (Lipinski definition) is 3. The van der Waals surface area contributed by atoms with Crippen LogP contribution < -0.4 is 9.64 Å². The fourth-order valence-corrected chi connectivity index (χ4v) is 4.25. The van der Waals surface area contributed by atoms with Crippen LogP contribution in [0.25, 0.3) is 0 Å². The highest BCUT2D eigenvalue weighted by molar-refractivity contribution is 5.97. The van der Waals surface area contributed by atoms with Gasteiger partial charge in [0.1, 0.15) is 5.75 Å². The van der Waals surface area contributed by atoms with Crippen molar-refractivity contribution in [1.82, 2.24) is 4.90 Å². The Hall–Kier alpha value is -2.54. The first-order chi connectivity index (χ1) is 14.7. The van der Waals surface area contributed by atoms with Crippen LogP contribution in [-0.4, -0.2) is 45.1 Å². The smallest absolute Gasteiger partial charge is 0.416 e. The number of carbonyl (C=O) groups excluding carboxylic acids is 1. The number of carbonyl (C=O) groups is 1. The van der Waals surface area contributed by atoms with Crippen LogP contribution in [0.2, 0.25) is 0 Å². The maximum Gasteiger partial charge on any atom is 0.416 e. The molecule has 0 N–H and O–H groups in total. The van der Waals surface area contributed by atoms with E-state index in [1.165, 1.54) is 12.1 Å². The van der Waals surface area contributed by atoms with Crippen LogP contribution in [0, 0.1) is 5.92 Å². The van der Waals surface area contributed by atoms with Crippen LogP contribution >= 0.6 is 0 Å². The Morgan fingerprint density at radius 1 is 1.13 bits per heavy atom. The highest BCUT2D eigenvalue weighted by Crippen LogP contribution is 2.42. The van der Waals surface area contributed by atoms with Gasteiger partial charge >= 0.3 is 6.18 Å². The van der Waals surface area contributed by atoms with Crippen molar-refractivity contribution in [3.8, 4) is 5.75 Å². The predicted molar refractivity (Wildman–Crippen MR) is 116 cm³/mol. The Bertz CT molecular complexity index is 910. The first-order valence-electron chi connectivity index (χ1n) is 10.5. The van der Waals surface area contributed by atoms with E-state index in [2.05, 4.69) is 0 Å². The van der Waals surface area contributed by atoms with E-state index in [0.29, 0.717) is 42.9 Å². The van der Waals surface area contributed by atoms with Crippen LogP contribution in [0.3, 0.4) is 0 Å². The third-order valence-corrected chi connectivity index (χ3v) is 5.96. The first-order valence-corrected chi connectivity index (χ1v) is 10.5. The number of rotatable bonds is 6. The maximum atomic E-state index is 13.6. The molecule has 1 aliphatic heterocycles. The number of likely N-dealkylation sites (N-methyl/N-ethyl adjacent to an activating group) is 1. The highest BCUT2D eigenvalue weighted by Gasteiger charge is 2.38. The fourth-order valence-electron chi connectivity index (χ4n) is 4.25. The molecule has 0 spiro atoms. The van der Waals surface area contributed by atoms with Crippen molar-refractivity contribution in [1.29, 1.82) is 0 Å². The molecule has 3 rings (SSSR count). The van der Waals surface area contributed by atoms with Crippen LogP contribution in [0.4, 0.5) is 18.9 Å². The predicted octanol–water partition coefficient (Wildman–Crippen LogP) is 4.97. The molecule has 1 heterocycles. The van der Waals surface area contributed by atoms with E-state index in [9.17, 15) is 18.0 Å². The van der Waals surface area contributed by atoms with E-state index in [-0.39, 0.29) is 17.7 Å². The van der Waals surface area contributed by atoms with E-state index in [1.54, 1.807) is 12.0 Å². The van der Waals surface area contributed by atoms with E-state index < -0.39 is 11.7 Å². The number of hydrogen-bond donors (Lipinski definition) is 0. The summed E-state index contributed by atoms with van der Waals surface area (Å²) in [7, 11) is 5.40. The summed E-state index contributed by atoms with van der Waals surface area (Å²) in [6.45, 7) is 3.01. The van der Waals surface area contributed by atoms with Gasteiger partial charge in [0.25, 0.3) is 0 Å². The second-order valence-corrected chi connectivity index (χ2v) is 8.23. The molecular weight excluding hydrogens is 405 g/mol. The molecule has 0 bridgehead atoms. The minimum Gasteiger partial charge on any atom is -0.497 e. The molecule has 1 aliphatic rings. The molecule has 0 saturated carbocycles. The third kappa shape index (κ3) is 5.03. The number of fused-ring (bicyclic) bond motifs is 1. The van der Waals surface area contributed by atoms with Crippen molar-refractivity contribution < 1.29 is 22.7 Å². The van der Waals surface area contributed by atoms with Crippen LogP contribution in [-0.2, 0) is 17.4 Å². The number of anilines is 1. The molecule has 0 unspecified atom stereocenters. The third-order valence-electron chi connectivity index (χ3n) is 5.96. The Morgan fingerprint density at radius 2 is 1.81 bits per heavy atom. The summed E-state index contributed by atoms with van der Waals surface area (Å²) in [5.41, 5.74) is 1.38. The molecule has 2 aromatic rings. The van der Waals surface area contributed by atoms with Gasteiger partial charge in [0.2, 0.25) is 5.91 Å². The van der Waals surface area contributed by atoms with E-state index in [4.69, 9.17) is 4.74 Å². The molecule has 0 radical (unpaired) electrons. The van der Waals surface area contributed by atoms with E-state index >= 15 is 0 Å². The molecule has 0 aliphatic carbocycles. The number of alkyl halides is 3.